The monoisotopic (exact) mass is 200 g/mol. The molecule has 1 rings (SSSR count). The first-order valence-electron chi connectivity index (χ1n) is 5.77. The Morgan fingerprint density at radius 2 is 2.00 bits per heavy atom. The number of rotatable bonds is 4. The summed E-state index contributed by atoms with van der Waals surface area (Å²) in [6.45, 7) is 6.16. The minimum Gasteiger partial charge on any atom is -0.388 e. The van der Waals surface area contributed by atoms with Crippen molar-refractivity contribution in [2.45, 2.75) is 51.2 Å². The Morgan fingerprint density at radius 1 is 1.43 bits per heavy atom. The zero-order chi connectivity index (χ0) is 10.6. The second-order valence-corrected chi connectivity index (χ2v) is 4.71. The molecule has 14 heavy (non-hydrogen) atoms. The SMILES string of the molecule is CCC(C)CC(N)C1(O)CCNCC1. The zero-order valence-corrected chi connectivity index (χ0v) is 9.42. The van der Waals surface area contributed by atoms with Gasteiger partial charge in [-0.05, 0) is 38.3 Å². The van der Waals surface area contributed by atoms with Gasteiger partial charge in [-0.1, -0.05) is 20.3 Å². The van der Waals surface area contributed by atoms with Crippen LogP contribution in [0.15, 0.2) is 0 Å². The minimum absolute atomic E-state index is 0.0560. The van der Waals surface area contributed by atoms with Gasteiger partial charge in [0.25, 0.3) is 0 Å². The van der Waals surface area contributed by atoms with Crippen LogP contribution < -0.4 is 11.1 Å². The Labute approximate surface area is 87.1 Å². The van der Waals surface area contributed by atoms with Crippen molar-refractivity contribution in [1.29, 1.82) is 0 Å². The first-order valence-corrected chi connectivity index (χ1v) is 5.77. The highest BCUT2D eigenvalue weighted by molar-refractivity contribution is 4.93. The van der Waals surface area contributed by atoms with Crippen LogP contribution in [-0.4, -0.2) is 29.8 Å². The van der Waals surface area contributed by atoms with E-state index in [2.05, 4.69) is 19.2 Å². The highest BCUT2D eigenvalue weighted by atomic mass is 16.3. The van der Waals surface area contributed by atoms with E-state index in [0.717, 1.165) is 38.8 Å². The van der Waals surface area contributed by atoms with E-state index in [-0.39, 0.29) is 6.04 Å². The summed E-state index contributed by atoms with van der Waals surface area (Å²) in [6.07, 6.45) is 3.67. The quantitative estimate of drug-likeness (QED) is 0.631. The highest BCUT2D eigenvalue weighted by Crippen LogP contribution is 2.25. The summed E-state index contributed by atoms with van der Waals surface area (Å²) >= 11 is 0. The lowest BCUT2D eigenvalue weighted by Gasteiger charge is -2.38. The van der Waals surface area contributed by atoms with Crippen molar-refractivity contribution in [3.05, 3.63) is 0 Å². The van der Waals surface area contributed by atoms with Gasteiger partial charge in [-0.15, -0.1) is 0 Å². The molecule has 0 bridgehead atoms. The summed E-state index contributed by atoms with van der Waals surface area (Å²) in [7, 11) is 0. The molecule has 2 unspecified atom stereocenters. The molecule has 0 saturated carbocycles. The molecule has 84 valence electrons. The second kappa shape index (κ2) is 5.10. The molecule has 2 atom stereocenters. The summed E-state index contributed by atoms with van der Waals surface area (Å²) in [5, 5.41) is 13.6. The maximum Gasteiger partial charge on any atom is 0.0822 e. The minimum atomic E-state index is -0.616. The van der Waals surface area contributed by atoms with Crippen LogP contribution in [0.25, 0.3) is 0 Å². The van der Waals surface area contributed by atoms with E-state index in [1.165, 1.54) is 0 Å². The van der Waals surface area contributed by atoms with E-state index in [1.54, 1.807) is 0 Å². The van der Waals surface area contributed by atoms with Crippen LogP contribution in [0.2, 0.25) is 0 Å². The Hall–Kier alpha value is -0.120. The number of nitrogens with two attached hydrogens (primary N) is 1. The van der Waals surface area contributed by atoms with E-state index >= 15 is 0 Å². The van der Waals surface area contributed by atoms with E-state index in [9.17, 15) is 5.11 Å². The average Bonchev–Trinajstić information content (AvgIpc) is 2.18. The fourth-order valence-corrected chi connectivity index (χ4v) is 2.05. The third kappa shape index (κ3) is 2.94. The lowest BCUT2D eigenvalue weighted by molar-refractivity contribution is -0.0193. The number of hydrogen-bond acceptors (Lipinski definition) is 3. The molecule has 1 aliphatic rings. The summed E-state index contributed by atoms with van der Waals surface area (Å²) in [6, 6.07) is -0.0560. The Balaban J connectivity index is 2.44. The van der Waals surface area contributed by atoms with Gasteiger partial charge in [0, 0.05) is 6.04 Å². The molecule has 1 fully saturated rings. The Kier molecular flexibility index (Phi) is 4.35. The first kappa shape index (κ1) is 12.0. The lowest BCUT2D eigenvalue weighted by Crippen LogP contribution is -2.54. The van der Waals surface area contributed by atoms with Crippen molar-refractivity contribution in [1.82, 2.24) is 5.32 Å². The van der Waals surface area contributed by atoms with Gasteiger partial charge >= 0.3 is 0 Å². The third-order valence-corrected chi connectivity index (χ3v) is 3.51. The molecular weight excluding hydrogens is 176 g/mol. The van der Waals surface area contributed by atoms with Gasteiger partial charge in [0.1, 0.15) is 0 Å². The van der Waals surface area contributed by atoms with Gasteiger partial charge < -0.3 is 16.2 Å². The predicted octanol–water partition coefficient (Wildman–Crippen LogP) is 0.864. The van der Waals surface area contributed by atoms with E-state index < -0.39 is 5.60 Å². The molecular formula is C11H24N2O. The van der Waals surface area contributed by atoms with E-state index in [4.69, 9.17) is 5.73 Å². The van der Waals surface area contributed by atoms with Crippen molar-refractivity contribution in [2.75, 3.05) is 13.1 Å². The fraction of sp³-hybridized carbons (Fsp3) is 1.00. The fourth-order valence-electron chi connectivity index (χ4n) is 2.05. The Bertz CT molecular complexity index is 167. The summed E-state index contributed by atoms with van der Waals surface area (Å²) < 4.78 is 0. The lowest BCUT2D eigenvalue weighted by atomic mass is 9.81. The van der Waals surface area contributed by atoms with Crippen LogP contribution in [-0.2, 0) is 0 Å². The van der Waals surface area contributed by atoms with Gasteiger partial charge in [0.15, 0.2) is 0 Å². The van der Waals surface area contributed by atoms with Crippen molar-refractivity contribution >= 4 is 0 Å². The van der Waals surface area contributed by atoms with Gasteiger partial charge in [0.2, 0.25) is 0 Å². The first-order chi connectivity index (χ1) is 6.58. The van der Waals surface area contributed by atoms with Crippen molar-refractivity contribution in [3.8, 4) is 0 Å². The summed E-state index contributed by atoms with van der Waals surface area (Å²) in [5.41, 5.74) is 5.47. The normalized spacial score (nSPS) is 25.7. The number of nitrogens with one attached hydrogen (secondary N) is 1. The average molecular weight is 200 g/mol. The molecule has 1 heterocycles. The standard InChI is InChI=1S/C11H24N2O/c1-3-9(2)8-10(12)11(14)4-6-13-7-5-11/h9-10,13-14H,3-8,12H2,1-2H3. The van der Waals surface area contributed by atoms with E-state index in [0.29, 0.717) is 5.92 Å². The molecule has 1 aliphatic heterocycles. The summed E-state index contributed by atoms with van der Waals surface area (Å²) in [5.74, 6) is 0.615. The largest absolute Gasteiger partial charge is 0.388 e. The maximum absolute atomic E-state index is 10.3. The molecule has 3 heteroatoms. The van der Waals surface area contributed by atoms with Crippen LogP contribution in [0.1, 0.15) is 39.5 Å². The molecule has 0 spiro atoms. The van der Waals surface area contributed by atoms with Crippen LogP contribution in [0.4, 0.5) is 0 Å². The maximum atomic E-state index is 10.3. The van der Waals surface area contributed by atoms with Crippen LogP contribution in [0, 0.1) is 5.92 Å². The smallest absolute Gasteiger partial charge is 0.0822 e. The molecule has 0 aromatic carbocycles. The third-order valence-electron chi connectivity index (χ3n) is 3.51. The van der Waals surface area contributed by atoms with Crippen molar-refractivity contribution in [3.63, 3.8) is 0 Å². The molecule has 3 nitrogen and oxygen atoms in total. The van der Waals surface area contributed by atoms with Crippen molar-refractivity contribution < 1.29 is 5.11 Å². The zero-order valence-electron chi connectivity index (χ0n) is 9.42. The highest BCUT2D eigenvalue weighted by Gasteiger charge is 2.35. The second-order valence-electron chi connectivity index (χ2n) is 4.71. The van der Waals surface area contributed by atoms with Crippen molar-refractivity contribution in [2.24, 2.45) is 11.7 Å². The number of hydrogen-bond donors (Lipinski definition) is 3. The molecule has 0 amide bonds. The molecule has 0 aromatic heterocycles. The predicted molar refractivity (Wildman–Crippen MR) is 59.1 cm³/mol. The van der Waals surface area contributed by atoms with Crippen LogP contribution in [0.5, 0.6) is 0 Å². The van der Waals surface area contributed by atoms with Gasteiger partial charge in [0.05, 0.1) is 5.60 Å². The number of piperidine rings is 1. The van der Waals surface area contributed by atoms with Gasteiger partial charge in [-0.3, -0.25) is 0 Å². The topological polar surface area (TPSA) is 58.3 Å². The van der Waals surface area contributed by atoms with Crippen LogP contribution >= 0.6 is 0 Å². The van der Waals surface area contributed by atoms with Gasteiger partial charge in [-0.25, -0.2) is 0 Å². The molecule has 0 radical (unpaired) electrons. The number of aliphatic hydroxyl groups is 1. The molecule has 0 aromatic rings. The molecule has 1 saturated heterocycles. The Morgan fingerprint density at radius 3 is 2.50 bits per heavy atom. The van der Waals surface area contributed by atoms with Gasteiger partial charge in [-0.2, -0.15) is 0 Å². The molecule has 4 N–H and O–H groups in total. The summed E-state index contributed by atoms with van der Waals surface area (Å²) in [4.78, 5) is 0. The van der Waals surface area contributed by atoms with Crippen LogP contribution in [0.3, 0.4) is 0 Å². The van der Waals surface area contributed by atoms with E-state index in [1.807, 2.05) is 0 Å². The molecule has 0 aliphatic carbocycles.